The molecule has 1 heterocycles. The van der Waals surface area contributed by atoms with Gasteiger partial charge in [-0.2, -0.15) is 13.2 Å². The summed E-state index contributed by atoms with van der Waals surface area (Å²) in [7, 11) is 0. The average molecular weight is 535 g/mol. The van der Waals surface area contributed by atoms with E-state index in [0.717, 1.165) is 23.8 Å². The Hall–Kier alpha value is -2.94. The number of hydrogen-bond donors (Lipinski definition) is 1. The van der Waals surface area contributed by atoms with Crippen LogP contribution in [-0.2, 0) is 30.0 Å². The molecule has 0 saturated heterocycles. The number of ketones is 1. The summed E-state index contributed by atoms with van der Waals surface area (Å²) in [5, 5.41) is 11.3. The third-order valence-corrected chi connectivity index (χ3v) is 8.94. The van der Waals surface area contributed by atoms with E-state index >= 15 is 0 Å². The molecule has 1 N–H and O–H groups in total. The van der Waals surface area contributed by atoms with Crippen LogP contribution in [0.2, 0.25) is 0 Å². The maximum atomic E-state index is 13.4. The van der Waals surface area contributed by atoms with Gasteiger partial charge in [-0.15, -0.1) is 0 Å². The zero-order chi connectivity index (χ0) is 27.7. The predicted octanol–water partition coefficient (Wildman–Crippen LogP) is 5.29. The summed E-state index contributed by atoms with van der Waals surface area (Å²) in [4.78, 5) is 37.5. The molecule has 5 atom stereocenters. The van der Waals surface area contributed by atoms with Gasteiger partial charge in [-0.05, 0) is 78.7 Å². The van der Waals surface area contributed by atoms with Gasteiger partial charge in [0.1, 0.15) is 19.0 Å². The molecule has 206 valence electrons. The number of hydrogen-bond acceptors (Lipinski definition) is 6. The number of cyclic esters (lactones) is 1. The number of ether oxygens (including phenoxy) is 2. The SMILES string of the molecule is C[C@@H]1C[C@H](O)[C@@]2(COC(=O)/C=C/c3ccc(C(F)(F)F)cc3)C(=O)CCC[C@@H]2[C@@]1(C)CCC1=CC(=O)OC1. The Labute approximate surface area is 219 Å². The van der Waals surface area contributed by atoms with E-state index in [1.807, 2.05) is 0 Å². The van der Waals surface area contributed by atoms with Crippen molar-refractivity contribution < 1.29 is 42.1 Å². The lowest BCUT2D eigenvalue weighted by Crippen LogP contribution is -2.63. The second-order valence-corrected chi connectivity index (χ2v) is 11.0. The summed E-state index contributed by atoms with van der Waals surface area (Å²) < 4.78 is 48.9. The van der Waals surface area contributed by atoms with Crippen LogP contribution in [0.5, 0.6) is 0 Å². The van der Waals surface area contributed by atoms with Gasteiger partial charge < -0.3 is 14.6 Å². The minimum atomic E-state index is -4.45. The third kappa shape index (κ3) is 5.44. The molecule has 0 aromatic heterocycles. The third-order valence-electron chi connectivity index (χ3n) is 8.94. The van der Waals surface area contributed by atoms with Gasteiger partial charge in [0.2, 0.25) is 0 Å². The number of aliphatic hydroxyl groups is 1. The Morgan fingerprint density at radius 3 is 2.58 bits per heavy atom. The number of fused-ring (bicyclic) bond motifs is 1. The Morgan fingerprint density at radius 1 is 1.24 bits per heavy atom. The first kappa shape index (κ1) is 28.1. The van der Waals surface area contributed by atoms with Crippen LogP contribution in [-0.4, -0.2) is 42.1 Å². The molecule has 0 bridgehead atoms. The molecule has 3 aliphatic rings. The monoisotopic (exact) mass is 534 g/mol. The van der Waals surface area contributed by atoms with Gasteiger partial charge in [0.05, 0.1) is 17.1 Å². The highest BCUT2D eigenvalue weighted by Gasteiger charge is 2.63. The number of alkyl halides is 3. The van der Waals surface area contributed by atoms with Crippen LogP contribution >= 0.6 is 0 Å². The molecule has 9 heteroatoms. The van der Waals surface area contributed by atoms with Crippen LogP contribution in [0.25, 0.3) is 6.08 Å². The predicted molar refractivity (Wildman–Crippen MR) is 132 cm³/mol. The second-order valence-electron chi connectivity index (χ2n) is 11.0. The van der Waals surface area contributed by atoms with Crippen LogP contribution in [0.4, 0.5) is 13.2 Å². The average Bonchev–Trinajstić information content (AvgIpc) is 3.29. The topological polar surface area (TPSA) is 89.9 Å². The highest BCUT2D eigenvalue weighted by Crippen LogP contribution is 2.60. The molecule has 1 aromatic rings. The molecule has 0 spiro atoms. The zero-order valence-corrected chi connectivity index (χ0v) is 21.6. The van der Waals surface area contributed by atoms with E-state index in [-0.39, 0.29) is 42.2 Å². The quantitative estimate of drug-likeness (QED) is 0.378. The van der Waals surface area contributed by atoms with Crippen molar-refractivity contribution in [3.05, 3.63) is 53.1 Å². The van der Waals surface area contributed by atoms with Crippen LogP contribution in [0.15, 0.2) is 42.0 Å². The summed E-state index contributed by atoms with van der Waals surface area (Å²) in [6.07, 6.45) is 1.96. The minimum Gasteiger partial charge on any atom is -0.461 e. The molecular formula is C29H33F3O6. The number of Topliss-reactive ketones (excluding diaryl/α,β-unsaturated/α-hetero) is 1. The lowest BCUT2D eigenvalue weighted by atomic mass is 9.45. The lowest BCUT2D eigenvalue weighted by molar-refractivity contribution is -0.193. The van der Waals surface area contributed by atoms with Gasteiger partial charge in [0.15, 0.2) is 0 Å². The van der Waals surface area contributed by atoms with Crippen LogP contribution in [0, 0.1) is 22.7 Å². The molecule has 1 aromatic carbocycles. The Balaban J connectivity index is 1.50. The van der Waals surface area contributed by atoms with Gasteiger partial charge in [0, 0.05) is 18.6 Å². The number of carbonyl (C=O) groups is 3. The second kappa shape index (κ2) is 10.7. The van der Waals surface area contributed by atoms with Crippen molar-refractivity contribution in [2.45, 2.75) is 64.7 Å². The first-order valence-electron chi connectivity index (χ1n) is 13.0. The number of aliphatic hydroxyl groups excluding tert-OH is 1. The van der Waals surface area contributed by atoms with Crippen LogP contribution in [0.3, 0.4) is 0 Å². The highest BCUT2D eigenvalue weighted by molar-refractivity contribution is 5.89. The smallest absolute Gasteiger partial charge is 0.416 e. The van der Waals surface area contributed by atoms with Gasteiger partial charge in [-0.25, -0.2) is 9.59 Å². The van der Waals surface area contributed by atoms with E-state index in [1.165, 1.54) is 24.3 Å². The zero-order valence-electron chi connectivity index (χ0n) is 21.6. The molecule has 2 aliphatic carbocycles. The molecule has 2 saturated carbocycles. The van der Waals surface area contributed by atoms with Crippen molar-refractivity contribution in [2.75, 3.05) is 13.2 Å². The fourth-order valence-corrected chi connectivity index (χ4v) is 6.52. The van der Waals surface area contributed by atoms with E-state index < -0.39 is 29.2 Å². The van der Waals surface area contributed by atoms with Gasteiger partial charge >= 0.3 is 18.1 Å². The lowest BCUT2D eigenvalue weighted by Gasteiger charge is -2.59. The number of rotatable bonds is 7. The standard InChI is InChI=1S/C29H33F3O6/c1-18-14-24(34)28(17-38-25(35)11-8-19-6-9-21(10-7-19)29(30,31)32)22(4-3-5-23(28)33)27(18,2)13-12-20-15-26(36)37-16-20/h6-11,15,18,22,24,34H,3-5,12-14,16-17H2,1-2H3/b11-8+/t18-,22-,24+,27+,28-/m1/s1. The fraction of sp³-hybridized carbons (Fsp3) is 0.552. The van der Waals surface area contributed by atoms with Crippen molar-refractivity contribution in [3.63, 3.8) is 0 Å². The summed E-state index contributed by atoms with van der Waals surface area (Å²) in [6, 6.07) is 4.36. The fourth-order valence-electron chi connectivity index (χ4n) is 6.52. The van der Waals surface area contributed by atoms with Gasteiger partial charge in [-0.1, -0.05) is 26.0 Å². The van der Waals surface area contributed by atoms with Crippen LogP contribution in [0.1, 0.15) is 63.5 Å². The highest BCUT2D eigenvalue weighted by atomic mass is 19.4. The summed E-state index contributed by atoms with van der Waals surface area (Å²) in [5.41, 5.74) is -1.06. The number of carbonyl (C=O) groups excluding carboxylic acids is 3. The number of esters is 2. The van der Waals surface area contributed by atoms with Crippen molar-refractivity contribution in [2.24, 2.45) is 22.7 Å². The molecule has 1 aliphatic heterocycles. The summed E-state index contributed by atoms with van der Waals surface area (Å²) in [5.74, 6) is -1.33. The van der Waals surface area contributed by atoms with E-state index in [9.17, 15) is 32.7 Å². The molecule has 0 amide bonds. The van der Waals surface area contributed by atoms with Crippen molar-refractivity contribution in [1.82, 2.24) is 0 Å². The largest absolute Gasteiger partial charge is 0.461 e. The maximum Gasteiger partial charge on any atom is 0.416 e. The summed E-state index contributed by atoms with van der Waals surface area (Å²) >= 11 is 0. The Kier molecular flexibility index (Phi) is 7.89. The Morgan fingerprint density at radius 2 is 1.95 bits per heavy atom. The van der Waals surface area contributed by atoms with Gasteiger partial charge in [-0.3, -0.25) is 4.79 Å². The van der Waals surface area contributed by atoms with Crippen molar-refractivity contribution >= 4 is 23.8 Å². The Bertz CT molecular complexity index is 1140. The first-order valence-corrected chi connectivity index (χ1v) is 13.0. The van der Waals surface area contributed by atoms with Crippen LogP contribution < -0.4 is 0 Å². The maximum absolute atomic E-state index is 13.4. The summed E-state index contributed by atoms with van der Waals surface area (Å²) in [6.45, 7) is 4.19. The molecular weight excluding hydrogens is 501 g/mol. The normalized spacial score (nSPS) is 31.6. The number of halogens is 3. The van der Waals surface area contributed by atoms with E-state index in [4.69, 9.17) is 9.47 Å². The van der Waals surface area contributed by atoms with E-state index in [2.05, 4.69) is 13.8 Å². The van der Waals surface area contributed by atoms with E-state index in [0.29, 0.717) is 44.1 Å². The van der Waals surface area contributed by atoms with E-state index in [1.54, 1.807) is 0 Å². The van der Waals surface area contributed by atoms with Crippen molar-refractivity contribution in [1.29, 1.82) is 0 Å². The molecule has 6 nitrogen and oxygen atoms in total. The van der Waals surface area contributed by atoms with Gasteiger partial charge in [0.25, 0.3) is 0 Å². The number of benzene rings is 1. The molecule has 38 heavy (non-hydrogen) atoms. The minimum absolute atomic E-state index is 0.0930. The molecule has 0 unspecified atom stereocenters. The van der Waals surface area contributed by atoms with Crippen molar-refractivity contribution in [3.8, 4) is 0 Å². The first-order chi connectivity index (χ1) is 17.9. The molecule has 4 rings (SSSR count). The molecule has 0 radical (unpaired) electrons. The molecule has 2 fully saturated rings.